The van der Waals surface area contributed by atoms with E-state index in [1.807, 2.05) is 0 Å². The fourth-order valence-electron chi connectivity index (χ4n) is 3.23. The van der Waals surface area contributed by atoms with Crippen molar-refractivity contribution in [3.8, 4) is 0 Å². The van der Waals surface area contributed by atoms with Gasteiger partial charge >= 0.3 is 0 Å². The van der Waals surface area contributed by atoms with Gasteiger partial charge in [0.1, 0.15) is 0 Å². The minimum atomic E-state index is 0.0301. The Balaban J connectivity index is 1.90. The van der Waals surface area contributed by atoms with Gasteiger partial charge < -0.3 is 10.6 Å². The summed E-state index contributed by atoms with van der Waals surface area (Å²) in [5.41, 5.74) is 0.0498. The van der Waals surface area contributed by atoms with Crippen LogP contribution < -0.4 is 10.6 Å². The van der Waals surface area contributed by atoms with Gasteiger partial charge in [-0.15, -0.1) is 0 Å². The zero-order valence-corrected chi connectivity index (χ0v) is 11.2. The van der Waals surface area contributed by atoms with Crippen molar-refractivity contribution in [3.63, 3.8) is 0 Å². The standard InChI is InChI=1S/C14H26N2O/c1-11-7-6-10-15-12(11)13(17)16-14(2)8-4-3-5-9-14/h11-12,15H,3-10H2,1-2H3,(H,16,17). The van der Waals surface area contributed by atoms with Crippen molar-refractivity contribution in [2.45, 2.75) is 70.4 Å². The van der Waals surface area contributed by atoms with E-state index in [-0.39, 0.29) is 17.5 Å². The predicted octanol–water partition coefficient (Wildman–Crippen LogP) is 2.21. The third-order valence-corrected chi connectivity index (χ3v) is 4.43. The van der Waals surface area contributed by atoms with Crippen LogP contribution in [0.2, 0.25) is 0 Å². The maximum atomic E-state index is 12.3. The van der Waals surface area contributed by atoms with Crippen molar-refractivity contribution in [3.05, 3.63) is 0 Å². The van der Waals surface area contributed by atoms with E-state index in [0.717, 1.165) is 19.4 Å². The number of rotatable bonds is 2. The largest absolute Gasteiger partial charge is 0.350 e. The molecule has 2 aliphatic rings. The maximum Gasteiger partial charge on any atom is 0.237 e. The van der Waals surface area contributed by atoms with E-state index in [4.69, 9.17) is 0 Å². The highest BCUT2D eigenvalue weighted by atomic mass is 16.2. The first-order valence-corrected chi connectivity index (χ1v) is 7.16. The third kappa shape index (κ3) is 3.21. The van der Waals surface area contributed by atoms with Crippen LogP contribution in [0.3, 0.4) is 0 Å². The molecule has 1 aliphatic heterocycles. The van der Waals surface area contributed by atoms with Crippen LogP contribution >= 0.6 is 0 Å². The molecule has 0 aromatic carbocycles. The molecule has 17 heavy (non-hydrogen) atoms. The molecule has 98 valence electrons. The van der Waals surface area contributed by atoms with Gasteiger partial charge in [-0.1, -0.05) is 26.2 Å². The Kier molecular flexibility index (Phi) is 4.08. The topological polar surface area (TPSA) is 41.1 Å². The van der Waals surface area contributed by atoms with Crippen LogP contribution in [0.1, 0.15) is 58.8 Å². The first kappa shape index (κ1) is 12.9. The van der Waals surface area contributed by atoms with Gasteiger partial charge in [-0.3, -0.25) is 4.79 Å². The maximum absolute atomic E-state index is 12.3. The van der Waals surface area contributed by atoms with Gasteiger partial charge in [0.2, 0.25) is 5.91 Å². The van der Waals surface area contributed by atoms with Crippen LogP contribution in [0, 0.1) is 5.92 Å². The molecule has 2 fully saturated rings. The minimum absolute atomic E-state index is 0.0301. The second kappa shape index (κ2) is 5.38. The van der Waals surface area contributed by atoms with Crippen LogP contribution in [0.4, 0.5) is 0 Å². The molecular weight excluding hydrogens is 212 g/mol. The molecule has 0 spiro atoms. The van der Waals surface area contributed by atoms with E-state index in [9.17, 15) is 4.79 Å². The van der Waals surface area contributed by atoms with Crippen LogP contribution in [0.5, 0.6) is 0 Å². The molecular formula is C14H26N2O. The summed E-state index contributed by atoms with van der Waals surface area (Å²) in [6.45, 7) is 5.37. The van der Waals surface area contributed by atoms with Crippen LogP contribution in [0.15, 0.2) is 0 Å². The molecule has 2 atom stereocenters. The molecule has 1 saturated heterocycles. The molecule has 3 heteroatoms. The number of amides is 1. The van der Waals surface area contributed by atoms with Gasteiger partial charge in [0.25, 0.3) is 0 Å². The van der Waals surface area contributed by atoms with Crippen molar-refractivity contribution >= 4 is 5.91 Å². The molecule has 0 radical (unpaired) electrons. The lowest BCUT2D eigenvalue weighted by Gasteiger charge is -2.38. The number of hydrogen-bond donors (Lipinski definition) is 2. The highest BCUT2D eigenvalue weighted by Gasteiger charge is 2.33. The van der Waals surface area contributed by atoms with E-state index in [2.05, 4.69) is 24.5 Å². The molecule has 1 heterocycles. The predicted molar refractivity (Wildman–Crippen MR) is 69.8 cm³/mol. The first-order chi connectivity index (χ1) is 8.11. The van der Waals surface area contributed by atoms with E-state index in [0.29, 0.717) is 5.92 Å². The molecule has 3 nitrogen and oxygen atoms in total. The van der Waals surface area contributed by atoms with E-state index < -0.39 is 0 Å². The Labute approximate surface area is 105 Å². The van der Waals surface area contributed by atoms with Crippen molar-refractivity contribution in [2.24, 2.45) is 5.92 Å². The Morgan fingerprint density at radius 3 is 2.59 bits per heavy atom. The second-order valence-corrected chi connectivity index (χ2v) is 6.16. The van der Waals surface area contributed by atoms with E-state index >= 15 is 0 Å². The lowest BCUT2D eigenvalue weighted by Crippen LogP contribution is -2.57. The molecule has 1 aliphatic carbocycles. The quantitative estimate of drug-likeness (QED) is 0.774. The average Bonchev–Trinajstić information content (AvgIpc) is 2.29. The Bertz CT molecular complexity index is 271. The molecule has 2 unspecified atom stereocenters. The van der Waals surface area contributed by atoms with Crippen molar-refractivity contribution in [1.29, 1.82) is 0 Å². The Hall–Kier alpha value is -0.570. The Morgan fingerprint density at radius 2 is 1.94 bits per heavy atom. The Morgan fingerprint density at radius 1 is 1.24 bits per heavy atom. The van der Waals surface area contributed by atoms with Crippen LogP contribution in [0.25, 0.3) is 0 Å². The summed E-state index contributed by atoms with van der Waals surface area (Å²) in [5, 5.41) is 6.66. The zero-order valence-electron chi connectivity index (χ0n) is 11.2. The number of hydrogen-bond acceptors (Lipinski definition) is 2. The first-order valence-electron chi connectivity index (χ1n) is 7.16. The monoisotopic (exact) mass is 238 g/mol. The van der Waals surface area contributed by atoms with Crippen molar-refractivity contribution in [2.75, 3.05) is 6.54 Å². The molecule has 2 N–H and O–H groups in total. The van der Waals surface area contributed by atoms with Gasteiger partial charge in [0.05, 0.1) is 6.04 Å². The number of piperidine rings is 1. The number of carbonyl (C=O) groups excluding carboxylic acids is 1. The van der Waals surface area contributed by atoms with Gasteiger partial charge in [0, 0.05) is 5.54 Å². The van der Waals surface area contributed by atoms with Gasteiger partial charge in [0.15, 0.2) is 0 Å². The molecule has 0 aromatic heterocycles. The third-order valence-electron chi connectivity index (χ3n) is 4.43. The number of nitrogens with one attached hydrogen (secondary N) is 2. The number of carbonyl (C=O) groups is 1. The normalized spacial score (nSPS) is 33.1. The van der Waals surface area contributed by atoms with Gasteiger partial charge in [-0.05, 0) is 45.1 Å². The van der Waals surface area contributed by atoms with E-state index in [1.165, 1.54) is 32.1 Å². The minimum Gasteiger partial charge on any atom is -0.350 e. The highest BCUT2D eigenvalue weighted by molar-refractivity contribution is 5.82. The summed E-state index contributed by atoms with van der Waals surface area (Å²) in [7, 11) is 0. The second-order valence-electron chi connectivity index (χ2n) is 6.16. The van der Waals surface area contributed by atoms with Crippen molar-refractivity contribution in [1.82, 2.24) is 10.6 Å². The van der Waals surface area contributed by atoms with Gasteiger partial charge in [-0.2, -0.15) is 0 Å². The fraction of sp³-hybridized carbons (Fsp3) is 0.929. The molecule has 1 amide bonds. The summed E-state index contributed by atoms with van der Waals surface area (Å²) in [6, 6.07) is 0.0301. The zero-order chi connectivity index (χ0) is 12.3. The molecule has 2 rings (SSSR count). The lowest BCUT2D eigenvalue weighted by atomic mass is 9.82. The summed E-state index contributed by atoms with van der Waals surface area (Å²) in [5.74, 6) is 0.692. The molecule has 0 aromatic rings. The summed E-state index contributed by atoms with van der Waals surface area (Å²) >= 11 is 0. The molecule has 0 bridgehead atoms. The highest BCUT2D eigenvalue weighted by Crippen LogP contribution is 2.28. The van der Waals surface area contributed by atoms with Crippen molar-refractivity contribution < 1.29 is 4.79 Å². The summed E-state index contributed by atoms with van der Waals surface area (Å²) in [4.78, 5) is 12.3. The van der Waals surface area contributed by atoms with Crippen LogP contribution in [-0.4, -0.2) is 24.0 Å². The SMILES string of the molecule is CC1CCCNC1C(=O)NC1(C)CCCCC1. The smallest absolute Gasteiger partial charge is 0.237 e. The average molecular weight is 238 g/mol. The fourth-order valence-corrected chi connectivity index (χ4v) is 3.23. The summed E-state index contributed by atoms with van der Waals surface area (Å²) < 4.78 is 0. The summed E-state index contributed by atoms with van der Waals surface area (Å²) in [6.07, 6.45) is 8.47. The van der Waals surface area contributed by atoms with Gasteiger partial charge in [-0.25, -0.2) is 0 Å². The van der Waals surface area contributed by atoms with Crippen LogP contribution in [-0.2, 0) is 4.79 Å². The molecule has 1 saturated carbocycles. The van der Waals surface area contributed by atoms with E-state index in [1.54, 1.807) is 0 Å². The lowest BCUT2D eigenvalue weighted by molar-refractivity contribution is -0.127.